The number of nitrogens with one attached hydrogen (secondary N) is 1. The number of rotatable bonds is 4. The SMILES string of the molecule is CC(C)(N)CCC(=O)Nc1cnc(Cl)c(Br)c1. The molecule has 1 aromatic rings. The van der Waals surface area contributed by atoms with Crippen molar-refractivity contribution >= 4 is 39.1 Å². The van der Waals surface area contributed by atoms with E-state index in [9.17, 15) is 4.79 Å². The number of halogens is 2. The van der Waals surface area contributed by atoms with Gasteiger partial charge >= 0.3 is 0 Å². The van der Waals surface area contributed by atoms with E-state index in [1.54, 1.807) is 6.07 Å². The highest BCUT2D eigenvalue weighted by Crippen LogP contribution is 2.23. The Kier molecular flexibility index (Phi) is 4.91. The Hall–Kier alpha value is -0.650. The second kappa shape index (κ2) is 5.80. The van der Waals surface area contributed by atoms with Crippen LogP contribution in [0.1, 0.15) is 26.7 Å². The Balaban J connectivity index is 2.54. The molecule has 1 amide bonds. The fourth-order valence-electron chi connectivity index (χ4n) is 1.15. The summed E-state index contributed by atoms with van der Waals surface area (Å²) in [6.07, 6.45) is 2.52. The van der Waals surface area contributed by atoms with Gasteiger partial charge in [-0.25, -0.2) is 4.98 Å². The molecule has 0 unspecified atom stereocenters. The summed E-state index contributed by atoms with van der Waals surface area (Å²) in [6.45, 7) is 3.78. The quantitative estimate of drug-likeness (QED) is 0.838. The smallest absolute Gasteiger partial charge is 0.224 e. The predicted molar refractivity (Wildman–Crippen MR) is 73.1 cm³/mol. The van der Waals surface area contributed by atoms with Gasteiger partial charge in [-0.05, 0) is 42.3 Å². The first-order valence-corrected chi connectivity index (χ1v) is 6.35. The summed E-state index contributed by atoms with van der Waals surface area (Å²) >= 11 is 8.99. The zero-order valence-electron chi connectivity index (χ0n) is 9.76. The lowest BCUT2D eigenvalue weighted by molar-refractivity contribution is -0.116. The first kappa shape index (κ1) is 14.4. The molecule has 94 valence electrons. The van der Waals surface area contributed by atoms with Crippen LogP contribution in [-0.2, 0) is 4.79 Å². The molecule has 4 nitrogen and oxygen atoms in total. The lowest BCUT2D eigenvalue weighted by Crippen LogP contribution is -2.33. The third-order valence-electron chi connectivity index (χ3n) is 2.08. The fourth-order valence-corrected chi connectivity index (χ4v) is 1.60. The minimum atomic E-state index is -0.337. The van der Waals surface area contributed by atoms with Crippen LogP contribution >= 0.6 is 27.5 Å². The van der Waals surface area contributed by atoms with E-state index < -0.39 is 0 Å². The molecule has 0 spiro atoms. The molecule has 0 aliphatic heterocycles. The van der Waals surface area contributed by atoms with Gasteiger partial charge in [0.1, 0.15) is 5.15 Å². The van der Waals surface area contributed by atoms with Gasteiger partial charge in [-0.3, -0.25) is 4.79 Å². The second-order valence-corrected chi connectivity index (χ2v) is 5.75. The van der Waals surface area contributed by atoms with Crippen molar-refractivity contribution in [2.75, 3.05) is 5.32 Å². The largest absolute Gasteiger partial charge is 0.326 e. The monoisotopic (exact) mass is 319 g/mol. The van der Waals surface area contributed by atoms with E-state index in [-0.39, 0.29) is 11.4 Å². The molecule has 0 aliphatic carbocycles. The highest BCUT2D eigenvalue weighted by molar-refractivity contribution is 9.10. The zero-order valence-corrected chi connectivity index (χ0v) is 12.1. The molecular formula is C11H15BrClN3O. The lowest BCUT2D eigenvalue weighted by Gasteiger charge is -2.17. The van der Waals surface area contributed by atoms with Crippen LogP contribution in [0.3, 0.4) is 0 Å². The van der Waals surface area contributed by atoms with Crippen molar-refractivity contribution in [2.45, 2.75) is 32.2 Å². The number of nitrogens with two attached hydrogens (primary N) is 1. The summed E-state index contributed by atoms with van der Waals surface area (Å²) < 4.78 is 0.649. The number of hydrogen-bond donors (Lipinski definition) is 2. The first-order valence-electron chi connectivity index (χ1n) is 5.18. The van der Waals surface area contributed by atoms with Gasteiger partial charge < -0.3 is 11.1 Å². The maximum absolute atomic E-state index is 11.6. The van der Waals surface area contributed by atoms with Gasteiger partial charge in [0.2, 0.25) is 5.91 Å². The van der Waals surface area contributed by atoms with Crippen LogP contribution in [0.2, 0.25) is 5.15 Å². The summed E-state index contributed by atoms with van der Waals surface area (Å²) in [7, 11) is 0. The standard InChI is InChI=1S/C11H15BrClN3O/c1-11(2,14)4-3-9(17)16-7-5-8(12)10(13)15-6-7/h5-6H,3-4,14H2,1-2H3,(H,16,17). The van der Waals surface area contributed by atoms with Crippen molar-refractivity contribution in [1.82, 2.24) is 4.98 Å². The van der Waals surface area contributed by atoms with Crippen LogP contribution in [0.4, 0.5) is 5.69 Å². The third kappa shape index (κ3) is 5.48. The van der Waals surface area contributed by atoms with Gasteiger partial charge in [-0.1, -0.05) is 11.6 Å². The van der Waals surface area contributed by atoms with Crippen LogP contribution in [-0.4, -0.2) is 16.4 Å². The van der Waals surface area contributed by atoms with E-state index >= 15 is 0 Å². The van der Waals surface area contributed by atoms with Crippen LogP contribution in [0.15, 0.2) is 16.7 Å². The van der Waals surface area contributed by atoms with Gasteiger partial charge in [-0.2, -0.15) is 0 Å². The molecule has 1 aromatic heterocycles. The van der Waals surface area contributed by atoms with E-state index in [1.165, 1.54) is 6.20 Å². The minimum Gasteiger partial charge on any atom is -0.326 e. The number of anilines is 1. The number of carbonyl (C=O) groups excluding carboxylic acids is 1. The Labute approximate surface area is 114 Å². The molecule has 0 atom stereocenters. The van der Waals surface area contributed by atoms with Crippen LogP contribution in [0.25, 0.3) is 0 Å². The topological polar surface area (TPSA) is 68.0 Å². The fraction of sp³-hybridized carbons (Fsp3) is 0.455. The Morgan fingerprint density at radius 3 is 2.82 bits per heavy atom. The molecule has 3 N–H and O–H groups in total. The lowest BCUT2D eigenvalue weighted by atomic mass is 10.00. The molecule has 0 aliphatic rings. The van der Waals surface area contributed by atoms with Gasteiger partial charge in [0.15, 0.2) is 0 Å². The maximum atomic E-state index is 11.6. The average molecular weight is 321 g/mol. The van der Waals surface area contributed by atoms with Gasteiger partial charge in [0.05, 0.1) is 16.4 Å². The molecule has 17 heavy (non-hydrogen) atoms. The maximum Gasteiger partial charge on any atom is 0.224 e. The Morgan fingerprint density at radius 2 is 2.29 bits per heavy atom. The average Bonchev–Trinajstić information content (AvgIpc) is 2.20. The summed E-state index contributed by atoms with van der Waals surface area (Å²) in [5.41, 5.74) is 6.08. The summed E-state index contributed by atoms with van der Waals surface area (Å²) in [5.74, 6) is -0.0838. The molecule has 0 fully saturated rings. The van der Waals surface area contributed by atoms with Gasteiger partial charge in [0.25, 0.3) is 0 Å². The number of carbonyl (C=O) groups is 1. The summed E-state index contributed by atoms with van der Waals surface area (Å²) in [5, 5.41) is 3.10. The van der Waals surface area contributed by atoms with Crippen molar-refractivity contribution in [2.24, 2.45) is 5.73 Å². The molecule has 1 rings (SSSR count). The number of amides is 1. The normalized spacial score (nSPS) is 11.4. The molecular weight excluding hydrogens is 305 g/mol. The molecule has 0 saturated carbocycles. The van der Waals surface area contributed by atoms with E-state index in [1.807, 2.05) is 13.8 Å². The highest BCUT2D eigenvalue weighted by atomic mass is 79.9. The van der Waals surface area contributed by atoms with Crippen molar-refractivity contribution in [3.63, 3.8) is 0 Å². The van der Waals surface area contributed by atoms with Crippen LogP contribution in [0, 0.1) is 0 Å². The summed E-state index contributed by atoms with van der Waals surface area (Å²) in [4.78, 5) is 15.5. The van der Waals surface area contributed by atoms with E-state index in [0.717, 1.165) is 0 Å². The zero-order chi connectivity index (χ0) is 13.1. The molecule has 1 heterocycles. The number of nitrogens with zero attached hydrogens (tertiary/aromatic N) is 1. The van der Waals surface area contributed by atoms with Crippen molar-refractivity contribution in [3.8, 4) is 0 Å². The van der Waals surface area contributed by atoms with Gasteiger partial charge in [-0.15, -0.1) is 0 Å². The highest BCUT2D eigenvalue weighted by Gasteiger charge is 2.13. The van der Waals surface area contributed by atoms with E-state index in [4.69, 9.17) is 17.3 Å². The van der Waals surface area contributed by atoms with Crippen molar-refractivity contribution in [3.05, 3.63) is 21.9 Å². The van der Waals surface area contributed by atoms with Crippen LogP contribution in [0.5, 0.6) is 0 Å². The van der Waals surface area contributed by atoms with E-state index in [2.05, 4.69) is 26.2 Å². The number of pyridine rings is 1. The summed E-state index contributed by atoms with van der Waals surface area (Å²) in [6, 6.07) is 1.71. The second-order valence-electron chi connectivity index (χ2n) is 4.53. The number of hydrogen-bond acceptors (Lipinski definition) is 3. The first-order chi connectivity index (χ1) is 7.78. The molecule has 0 aromatic carbocycles. The minimum absolute atomic E-state index is 0.0838. The molecule has 0 radical (unpaired) electrons. The van der Waals surface area contributed by atoms with Crippen molar-refractivity contribution in [1.29, 1.82) is 0 Å². The van der Waals surface area contributed by atoms with E-state index in [0.29, 0.717) is 28.2 Å². The number of aromatic nitrogens is 1. The predicted octanol–water partition coefficient (Wildman–Crippen LogP) is 2.95. The third-order valence-corrected chi connectivity index (χ3v) is 3.21. The molecule has 0 bridgehead atoms. The molecule has 0 saturated heterocycles. The van der Waals surface area contributed by atoms with Crippen LogP contribution < -0.4 is 11.1 Å². The van der Waals surface area contributed by atoms with Crippen molar-refractivity contribution < 1.29 is 4.79 Å². The molecule has 6 heteroatoms. The van der Waals surface area contributed by atoms with Gasteiger partial charge in [0, 0.05) is 12.0 Å². The Bertz CT molecular complexity index is 418. The Morgan fingerprint density at radius 1 is 1.65 bits per heavy atom.